The molecule has 1 aromatic heterocycles. The Morgan fingerprint density at radius 3 is 2.50 bits per heavy atom. The van der Waals surface area contributed by atoms with E-state index in [4.69, 9.17) is 0 Å². The zero-order valence-corrected chi connectivity index (χ0v) is 12.1. The number of benzene rings is 2. The Morgan fingerprint density at radius 1 is 1.04 bits per heavy atom. The lowest BCUT2D eigenvalue weighted by molar-refractivity contribution is -0.136. The molecule has 3 rings (SSSR count). The number of nitrogens with one attached hydrogen (secondary N) is 1. The first-order chi connectivity index (χ1) is 11.4. The van der Waals surface area contributed by atoms with Gasteiger partial charge in [-0.2, -0.15) is 13.2 Å². The fourth-order valence-corrected chi connectivity index (χ4v) is 2.34. The van der Waals surface area contributed by atoms with Crippen LogP contribution in [0.4, 0.5) is 23.2 Å². The van der Waals surface area contributed by atoms with Crippen LogP contribution in [0, 0.1) is 5.82 Å². The van der Waals surface area contributed by atoms with Crippen molar-refractivity contribution in [1.29, 1.82) is 0 Å². The highest BCUT2D eigenvalue weighted by molar-refractivity contribution is 6.08. The Bertz CT molecular complexity index is 922. The normalized spacial score (nSPS) is 11.5. The van der Waals surface area contributed by atoms with E-state index < -0.39 is 23.5 Å². The molecule has 0 unspecified atom stereocenters. The third-order valence-corrected chi connectivity index (χ3v) is 3.41. The second-order valence-electron chi connectivity index (χ2n) is 5.02. The summed E-state index contributed by atoms with van der Waals surface area (Å²) in [5, 5.41) is 2.64. The Labute approximate surface area is 133 Å². The van der Waals surface area contributed by atoms with E-state index in [0.717, 1.165) is 12.1 Å². The molecule has 0 aliphatic rings. The zero-order valence-electron chi connectivity index (χ0n) is 12.1. The summed E-state index contributed by atoms with van der Waals surface area (Å²) in [6, 6.07) is 9.99. The van der Waals surface area contributed by atoms with Gasteiger partial charge < -0.3 is 5.32 Å². The van der Waals surface area contributed by atoms with Crippen LogP contribution in [0.5, 0.6) is 0 Å². The summed E-state index contributed by atoms with van der Waals surface area (Å²) in [4.78, 5) is 15.9. The number of pyridine rings is 1. The zero-order chi connectivity index (χ0) is 17.3. The third-order valence-electron chi connectivity index (χ3n) is 3.41. The van der Waals surface area contributed by atoms with Crippen molar-refractivity contribution in [3.8, 4) is 0 Å². The summed E-state index contributed by atoms with van der Waals surface area (Å²) in [7, 11) is 0. The summed E-state index contributed by atoms with van der Waals surface area (Å²) in [5.41, 5.74) is -0.920. The topological polar surface area (TPSA) is 42.0 Å². The van der Waals surface area contributed by atoms with Gasteiger partial charge in [0.2, 0.25) is 0 Å². The lowest BCUT2D eigenvalue weighted by Crippen LogP contribution is -2.13. The van der Waals surface area contributed by atoms with E-state index in [9.17, 15) is 22.4 Å². The SMILES string of the molecule is O=C(Nc1ccnc2c(C(F)(F)F)cccc12)c1cccc(F)c1. The molecule has 0 bridgehead atoms. The minimum atomic E-state index is -4.56. The summed E-state index contributed by atoms with van der Waals surface area (Å²) >= 11 is 0. The van der Waals surface area contributed by atoms with Crippen LogP contribution in [0.2, 0.25) is 0 Å². The average Bonchev–Trinajstić information content (AvgIpc) is 2.53. The number of aromatic nitrogens is 1. The molecular formula is C17H10F4N2O. The van der Waals surface area contributed by atoms with Gasteiger partial charge in [0, 0.05) is 17.1 Å². The molecule has 0 radical (unpaired) electrons. The van der Waals surface area contributed by atoms with Gasteiger partial charge in [-0.15, -0.1) is 0 Å². The molecule has 0 saturated heterocycles. The highest BCUT2D eigenvalue weighted by Crippen LogP contribution is 2.35. The van der Waals surface area contributed by atoms with Crippen molar-refractivity contribution >= 4 is 22.5 Å². The predicted molar refractivity (Wildman–Crippen MR) is 81.1 cm³/mol. The Balaban J connectivity index is 2.03. The van der Waals surface area contributed by atoms with Crippen molar-refractivity contribution in [3.05, 3.63) is 71.7 Å². The Morgan fingerprint density at radius 2 is 1.79 bits per heavy atom. The second kappa shape index (κ2) is 5.92. The first-order valence-corrected chi connectivity index (χ1v) is 6.88. The first kappa shape index (κ1) is 15.9. The standard InChI is InChI=1S/C17H10F4N2O/c18-11-4-1-3-10(9-11)16(24)23-14-7-8-22-15-12(14)5-2-6-13(15)17(19,20)21/h1-9H,(H,22,23,24). The number of carbonyl (C=O) groups excluding carboxylic acids is 1. The van der Waals surface area contributed by atoms with E-state index in [2.05, 4.69) is 10.3 Å². The molecule has 0 spiro atoms. The Kier molecular flexibility index (Phi) is 3.92. The lowest BCUT2D eigenvalue weighted by Gasteiger charge is -2.12. The first-order valence-electron chi connectivity index (χ1n) is 6.88. The summed E-state index contributed by atoms with van der Waals surface area (Å²) in [6.45, 7) is 0. The molecule has 122 valence electrons. The van der Waals surface area contributed by atoms with Gasteiger partial charge in [-0.3, -0.25) is 9.78 Å². The minimum Gasteiger partial charge on any atom is -0.321 e. The quantitative estimate of drug-likeness (QED) is 0.694. The molecule has 1 heterocycles. The monoisotopic (exact) mass is 334 g/mol. The van der Waals surface area contributed by atoms with Crippen LogP contribution >= 0.6 is 0 Å². The van der Waals surface area contributed by atoms with Gasteiger partial charge in [-0.25, -0.2) is 4.39 Å². The molecule has 2 aromatic carbocycles. The molecule has 7 heteroatoms. The number of rotatable bonds is 2. The molecule has 0 aliphatic carbocycles. The van der Waals surface area contributed by atoms with Crippen LogP contribution < -0.4 is 5.32 Å². The van der Waals surface area contributed by atoms with Gasteiger partial charge in [-0.05, 0) is 30.3 Å². The van der Waals surface area contributed by atoms with Crippen LogP contribution in [-0.2, 0) is 6.18 Å². The van der Waals surface area contributed by atoms with E-state index in [1.165, 1.54) is 42.6 Å². The number of fused-ring (bicyclic) bond motifs is 1. The fourth-order valence-electron chi connectivity index (χ4n) is 2.34. The number of nitrogens with zero attached hydrogens (tertiary/aromatic N) is 1. The van der Waals surface area contributed by atoms with Gasteiger partial charge in [0.15, 0.2) is 0 Å². The molecule has 24 heavy (non-hydrogen) atoms. The predicted octanol–water partition coefficient (Wildman–Crippen LogP) is 4.65. The molecule has 3 aromatic rings. The number of amides is 1. The maximum Gasteiger partial charge on any atom is 0.418 e. The van der Waals surface area contributed by atoms with Crippen molar-refractivity contribution in [2.24, 2.45) is 0 Å². The van der Waals surface area contributed by atoms with Crippen molar-refractivity contribution in [3.63, 3.8) is 0 Å². The van der Waals surface area contributed by atoms with Crippen LogP contribution in [0.3, 0.4) is 0 Å². The van der Waals surface area contributed by atoms with Crippen molar-refractivity contribution in [1.82, 2.24) is 4.98 Å². The van der Waals surface area contributed by atoms with Crippen LogP contribution in [0.25, 0.3) is 10.9 Å². The van der Waals surface area contributed by atoms with Crippen LogP contribution in [0.1, 0.15) is 15.9 Å². The molecule has 0 saturated carbocycles. The number of carbonyl (C=O) groups is 1. The number of anilines is 1. The minimum absolute atomic E-state index is 0.0620. The van der Waals surface area contributed by atoms with E-state index in [-0.39, 0.29) is 22.2 Å². The largest absolute Gasteiger partial charge is 0.418 e. The molecule has 0 fully saturated rings. The lowest BCUT2D eigenvalue weighted by atomic mass is 10.1. The van der Waals surface area contributed by atoms with Crippen molar-refractivity contribution in [2.75, 3.05) is 5.32 Å². The fraction of sp³-hybridized carbons (Fsp3) is 0.0588. The summed E-state index contributed by atoms with van der Waals surface area (Å²) < 4.78 is 52.3. The number of para-hydroxylation sites is 1. The van der Waals surface area contributed by atoms with E-state index in [1.54, 1.807) is 0 Å². The summed E-state index contributed by atoms with van der Waals surface area (Å²) in [5.74, 6) is -1.21. The number of hydrogen-bond acceptors (Lipinski definition) is 2. The Hall–Kier alpha value is -2.96. The average molecular weight is 334 g/mol. The van der Waals surface area contributed by atoms with E-state index >= 15 is 0 Å². The van der Waals surface area contributed by atoms with E-state index in [0.29, 0.717) is 0 Å². The van der Waals surface area contributed by atoms with Crippen molar-refractivity contribution < 1.29 is 22.4 Å². The molecular weight excluding hydrogens is 324 g/mol. The highest BCUT2D eigenvalue weighted by Gasteiger charge is 2.33. The highest BCUT2D eigenvalue weighted by atomic mass is 19.4. The van der Waals surface area contributed by atoms with Crippen LogP contribution in [0.15, 0.2) is 54.7 Å². The molecule has 3 nitrogen and oxygen atoms in total. The molecule has 1 amide bonds. The molecule has 1 N–H and O–H groups in total. The van der Waals surface area contributed by atoms with Crippen molar-refractivity contribution in [2.45, 2.75) is 6.18 Å². The number of hydrogen-bond donors (Lipinski definition) is 1. The van der Waals surface area contributed by atoms with Gasteiger partial charge in [0.25, 0.3) is 5.91 Å². The van der Waals surface area contributed by atoms with Gasteiger partial charge in [0.1, 0.15) is 5.82 Å². The third kappa shape index (κ3) is 3.05. The van der Waals surface area contributed by atoms with Gasteiger partial charge in [0.05, 0.1) is 16.8 Å². The van der Waals surface area contributed by atoms with Crippen LogP contribution in [-0.4, -0.2) is 10.9 Å². The molecule has 0 aliphatic heterocycles. The van der Waals surface area contributed by atoms with Gasteiger partial charge >= 0.3 is 6.18 Å². The second-order valence-corrected chi connectivity index (χ2v) is 5.02. The molecule has 0 atom stereocenters. The van der Waals surface area contributed by atoms with Gasteiger partial charge in [-0.1, -0.05) is 18.2 Å². The summed E-state index contributed by atoms with van der Waals surface area (Å²) in [6.07, 6.45) is -3.38. The number of alkyl halides is 3. The number of halogens is 4. The van der Waals surface area contributed by atoms with E-state index in [1.807, 2.05) is 0 Å². The smallest absolute Gasteiger partial charge is 0.321 e. The maximum absolute atomic E-state index is 13.2. The maximum atomic E-state index is 13.2.